The lowest BCUT2D eigenvalue weighted by Crippen LogP contribution is -2.50. The van der Waals surface area contributed by atoms with Crippen molar-refractivity contribution in [3.8, 4) is 11.3 Å². The van der Waals surface area contributed by atoms with Crippen LogP contribution in [-0.4, -0.2) is 52.9 Å². The number of piperazine rings is 1. The van der Waals surface area contributed by atoms with E-state index in [2.05, 4.69) is 34.1 Å². The highest BCUT2D eigenvalue weighted by Gasteiger charge is 2.34. The lowest BCUT2D eigenvalue weighted by molar-refractivity contribution is -0.123. The van der Waals surface area contributed by atoms with Crippen LogP contribution in [0.25, 0.3) is 17.4 Å². The van der Waals surface area contributed by atoms with Crippen LogP contribution < -0.4 is 4.90 Å². The van der Waals surface area contributed by atoms with Crippen molar-refractivity contribution in [2.75, 3.05) is 37.7 Å². The number of amides is 1. The summed E-state index contributed by atoms with van der Waals surface area (Å²) in [4.78, 5) is 20.0. The van der Waals surface area contributed by atoms with Crippen molar-refractivity contribution >= 4 is 57.6 Å². The Morgan fingerprint density at radius 2 is 1.79 bits per heavy atom. The van der Waals surface area contributed by atoms with Crippen LogP contribution in [-0.2, 0) is 4.79 Å². The van der Waals surface area contributed by atoms with Gasteiger partial charge in [-0.3, -0.25) is 14.6 Å². The Balaban J connectivity index is 1.22. The maximum atomic E-state index is 13.1. The van der Waals surface area contributed by atoms with E-state index in [0.29, 0.717) is 32.4 Å². The summed E-state index contributed by atoms with van der Waals surface area (Å²) < 4.78 is 6.51. The Morgan fingerprint density at radius 1 is 1.00 bits per heavy atom. The molecule has 0 spiro atoms. The van der Waals surface area contributed by atoms with E-state index < -0.39 is 0 Å². The van der Waals surface area contributed by atoms with E-state index in [0.717, 1.165) is 31.7 Å². The van der Waals surface area contributed by atoms with Gasteiger partial charge in [-0.05, 0) is 36.4 Å². The predicted molar refractivity (Wildman–Crippen MR) is 139 cm³/mol. The summed E-state index contributed by atoms with van der Waals surface area (Å²) in [6.07, 6.45) is 1.76. The molecule has 2 aromatic carbocycles. The Kier molecular flexibility index (Phi) is 6.55. The number of hydrogen-bond acceptors (Lipinski definition) is 6. The Hall–Kier alpha value is -2.58. The van der Waals surface area contributed by atoms with Crippen molar-refractivity contribution in [1.29, 1.82) is 0 Å². The fourth-order valence-electron chi connectivity index (χ4n) is 3.96. The van der Waals surface area contributed by atoms with Crippen LogP contribution in [0.3, 0.4) is 0 Å². The van der Waals surface area contributed by atoms with Crippen LogP contribution in [0.4, 0.5) is 5.69 Å². The zero-order valence-electron chi connectivity index (χ0n) is 17.8. The van der Waals surface area contributed by atoms with Crippen LogP contribution in [0.2, 0.25) is 5.02 Å². The largest absolute Gasteiger partial charge is 0.457 e. The van der Waals surface area contributed by atoms with Gasteiger partial charge in [0.15, 0.2) is 0 Å². The van der Waals surface area contributed by atoms with Gasteiger partial charge in [-0.2, -0.15) is 0 Å². The molecule has 2 aliphatic rings. The molecule has 2 fully saturated rings. The number of furan rings is 1. The molecule has 5 rings (SSSR count). The first-order valence-corrected chi connectivity index (χ1v) is 12.3. The number of halogens is 1. The van der Waals surface area contributed by atoms with E-state index in [-0.39, 0.29) is 5.91 Å². The first-order chi connectivity index (χ1) is 16.1. The molecular weight excluding hydrogens is 474 g/mol. The van der Waals surface area contributed by atoms with Crippen molar-refractivity contribution in [2.24, 2.45) is 0 Å². The van der Waals surface area contributed by atoms with E-state index >= 15 is 0 Å². The van der Waals surface area contributed by atoms with Crippen LogP contribution >= 0.6 is 35.6 Å². The summed E-state index contributed by atoms with van der Waals surface area (Å²) in [5.74, 6) is 1.24. The lowest BCUT2D eigenvalue weighted by atomic mass is 10.2. The number of para-hydroxylation sites is 1. The average Bonchev–Trinajstić information content (AvgIpc) is 3.40. The van der Waals surface area contributed by atoms with E-state index in [1.165, 1.54) is 17.4 Å². The number of rotatable bonds is 5. The normalized spacial score (nSPS) is 18.5. The van der Waals surface area contributed by atoms with Gasteiger partial charge in [0.25, 0.3) is 5.91 Å². The molecule has 2 saturated heterocycles. The topological polar surface area (TPSA) is 39.9 Å². The third-order valence-electron chi connectivity index (χ3n) is 5.72. The molecule has 5 nitrogen and oxygen atoms in total. The number of benzene rings is 2. The van der Waals surface area contributed by atoms with E-state index in [9.17, 15) is 4.79 Å². The molecule has 0 aliphatic carbocycles. The fraction of sp³-hybridized carbons (Fsp3) is 0.200. The van der Waals surface area contributed by atoms with Gasteiger partial charge < -0.3 is 9.32 Å². The SMILES string of the molecule is O=C1C(=Cc2ccc(-c3cccc(Cl)c3)o2)SC(=S)N1CN1CCN(c2ccccc2)CC1. The zero-order chi connectivity index (χ0) is 22.8. The monoisotopic (exact) mass is 495 g/mol. The molecule has 0 atom stereocenters. The molecule has 1 aromatic heterocycles. The third kappa shape index (κ3) is 5.01. The molecule has 168 valence electrons. The van der Waals surface area contributed by atoms with Gasteiger partial charge >= 0.3 is 0 Å². The van der Waals surface area contributed by atoms with E-state index in [1.54, 1.807) is 11.0 Å². The molecule has 0 N–H and O–H groups in total. The number of carbonyl (C=O) groups excluding carboxylic acids is 1. The van der Waals surface area contributed by atoms with Crippen LogP contribution in [0.1, 0.15) is 5.76 Å². The molecule has 33 heavy (non-hydrogen) atoms. The Bertz CT molecular complexity index is 1200. The summed E-state index contributed by atoms with van der Waals surface area (Å²) in [5, 5.41) is 0.649. The number of anilines is 1. The number of thioether (sulfide) groups is 1. The quantitative estimate of drug-likeness (QED) is 0.340. The van der Waals surface area contributed by atoms with E-state index in [1.807, 2.05) is 42.5 Å². The summed E-state index contributed by atoms with van der Waals surface area (Å²) >= 11 is 12.9. The summed E-state index contributed by atoms with van der Waals surface area (Å²) in [5.41, 5.74) is 2.13. The van der Waals surface area contributed by atoms with Gasteiger partial charge in [0.1, 0.15) is 15.8 Å². The lowest BCUT2D eigenvalue weighted by Gasteiger charge is -2.37. The summed E-state index contributed by atoms with van der Waals surface area (Å²) in [7, 11) is 0. The fourth-order valence-corrected chi connectivity index (χ4v) is 5.38. The van der Waals surface area contributed by atoms with E-state index in [4.69, 9.17) is 28.2 Å². The van der Waals surface area contributed by atoms with Crippen LogP contribution in [0, 0.1) is 0 Å². The van der Waals surface area contributed by atoms with Crippen molar-refractivity contribution in [3.63, 3.8) is 0 Å². The second kappa shape index (κ2) is 9.73. The molecule has 0 radical (unpaired) electrons. The van der Waals surface area contributed by atoms with Crippen LogP contribution in [0.5, 0.6) is 0 Å². The third-order valence-corrected chi connectivity index (χ3v) is 7.33. The number of carbonyl (C=O) groups is 1. The standard InChI is InChI=1S/C25H22ClN3O2S2/c26-19-6-4-5-18(15-19)22-10-9-21(31-22)16-23-24(30)29(25(32)33-23)17-27-11-13-28(14-12-27)20-7-2-1-3-8-20/h1-10,15-16H,11-14,17H2. The predicted octanol–water partition coefficient (Wildman–Crippen LogP) is 5.58. The molecule has 0 bridgehead atoms. The van der Waals surface area contributed by atoms with Crippen molar-refractivity contribution in [1.82, 2.24) is 9.80 Å². The minimum atomic E-state index is -0.0730. The van der Waals surface area contributed by atoms with Crippen LogP contribution in [0.15, 0.2) is 76.1 Å². The van der Waals surface area contributed by atoms with Gasteiger partial charge in [-0.25, -0.2) is 0 Å². The Morgan fingerprint density at radius 3 is 2.55 bits per heavy atom. The highest BCUT2D eigenvalue weighted by Crippen LogP contribution is 2.34. The smallest absolute Gasteiger partial charge is 0.267 e. The number of hydrogen-bond donors (Lipinski definition) is 0. The molecule has 3 heterocycles. The second-order valence-corrected chi connectivity index (χ2v) is 10.0. The highest BCUT2D eigenvalue weighted by molar-refractivity contribution is 8.26. The molecule has 1 amide bonds. The van der Waals surface area contributed by atoms with Gasteiger partial charge in [0.05, 0.1) is 11.6 Å². The van der Waals surface area contributed by atoms with Crippen molar-refractivity contribution in [3.05, 3.63) is 82.4 Å². The second-order valence-electron chi connectivity index (χ2n) is 7.90. The summed E-state index contributed by atoms with van der Waals surface area (Å²) in [6, 6.07) is 21.6. The molecular formula is C25H22ClN3O2S2. The average molecular weight is 496 g/mol. The van der Waals surface area contributed by atoms with Gasteiger partial charge in [-0.15, -0.1) is 0 Å². The first-order valence-electron chi connectivity index (χ1n) is 10.7. The minimum absolute atomic E-state index is 0.0730. The van der Waals surface area contributed by atoms with Crippen molar-refractivity contribution < 1.29 is 9.21 Å². The number of nitrogens with zero attached hydrogens (tertiary/aromatic N) is 3. The Labute approximate surface area is 207 Å². The molecule has 2 aliphatic heterocycles. The van der Waals surface area contributed by atoms with Crippen molar-refractivity contribution in [2.45, 2.75) is 0 Å². The molecule has 8 heteroatoms. The molecule has 0 unspecified atom stereocenters. The zero-order valence-corrected chi connectivity index (χ0v) is 20.2. The first kappa shape index (κ1) is 22.2. The maximum absolute atomic E-state index is 13.1. The van der Waals surface area contributed by atoms with Gasteiger partial charge in [0.2, 0.25) is 0 Å². The molecule has 3 aromatic rings. The summed E-state index contributed by atoms with van der Waals surface area (Å²) in [6.45, 7) is 4.12. The molecule has 0 saturated carbocycles. The van der Waals surface area contributed by atoms with Gasteiger partial charge in [-0.1, -0.05) is 65.9 Å². The maximum Gasteiger partial charge on any atom is 0.267 e. The minimum Gasteiger partial charge on any atom is -0.457 e. The number of thiocarbonyl (C=S) groups is 1. The highest BCUT2D eigenvalue weighted by atomic mass is 35.5. The van der Waals surface area contributed by atoms with Gasteiger partial charge in [0, 0.05) is 48.5 Å².